The number of halogens is 2. The van der Waals surface area contributed by atoms with Crippen molar-refractivity contribution in [1.82, 2.24) is 4.90 Å². The number of piperazine rings is 1. The SMILES string of the molecule is O=C(Cc1cccc(Cl)c1)N1CCN(c2ccc(F)cc2[N+](=O)[O-])CC1. The Morgan fingerprint density at radius 1 is 1.15 bits per heavy atom. The van der Waals surface area contributed by atoms with Crippen molar-refractivity contribution in [2.45, 2.75) is 6.42 Å². The predicted molar refractivity (Wildman–Crippen MR) is 97.0 cm³/mol. The summed E-state index contributed by atoms with van der Waals surface area (Å²) >= 11 is 5.94. The van der Waals surface area contributed by atoms with E-state index in [1.165, 1.54) is 12.1 Å². The summed E-state index contributed by atoms with van der Waals surface area (Å²) in [7, 11) is 0. The van der Waals surface area contributed by atoms with Crippen molar-refractivity contribution in [3.63, 3.8) is 0 Å². The molecule has 0 radical (unpaired) electrons. The van der Waals surface area contributed by atoms with E-state index in [4.69, 9.17) is 11.6 Å². The van der Waals surface area contributed by atoms with Crippen LogP contribution in [0.25, 0.3) is 0 Å². The highest BCUT2D eigenvalue weighted by Crippen LogP contribution is 2.29. The number of benzene rings is 2. The minimum absolute atomic E-state index is 0.0134. The fourth-order valence-corrected chi connectivity index (χ4v) is 3.25. The fraction of sp³-hybridized carbons (Fsp3) is 0.278. The first kappa shape index (κ1) is 18.1. The second-order valence-corrected chi connectivity index (χ2v) is 6.50. The molecule has 0 aliphatic carbocycles. The van der Waals surface area contributed by atoms with Gasteiger partial charge in [0.15, 0.2) is 0 Å². The third kappa shape index (κ3) is 4.11. The highest BCUT2D eigenvalue weighted by atomic mass is 35.5. The van der Waals surface area contributed by atoms with Crippen LogP contribution in [0.5, 0.6) is 0 Å². The molecule has 0 atom stereocenters. The van der Waals surface area contributed by atoms with Gasteiger partial charge in [-0.15, -0.1) is 0 Å². The van der Waals surface area contributed by atoms with Gasteiger partial charge in [0.2, 0.25) is 5.91 Å². The van der Waals surface area contributed by atoms with E-state index in [-0.39, 0.29) is 18.0 Å². The number of anilines is 1. The Morgan fingerprint density at radius 2 is 1.88 bits per heavy atom. The van der Waals surface area contributed by atoms with Crippen LogP contribution in [0.15, 0.2) is 42.5 Å². The van der Waals surface area contributed by atoms with Crippen LogP contribution in [0.4, 0.5) is 15.8 Å². The maximum atomic E-state index is 13.3. The third-order valence-electron chi connectivity index (χ3n) is 4.35. The summed E-state index contributed by atoms with van der Waals surface area (Å²) in [5.41, 5.74) is 0.959. The Bertz CT molecular complexity index is 838. The van der Waals surface area contributed by atoms with Gasteiger partial charge in [-0.2, -0.15) is 0 Å². The van der Waals surface area contributed by atoms with E-state index in [1.807, 2.05) is 6.07 Å². The van der Waals surface area contributed by atoms with E-state index in [0.29, 0.717) is 36.9 Å². The number of nitrogens with zero attached hydrogens (tertiary/aromatic N) is 3. The quantitative estimate of drug-likeness (QED) is 0.605. The Kier molecular flexibility index (Phi) is 5.37. The summed E-state index contributed by atoms with van der Waals surface area (Å²) in [6, 6.07) is 10.7. The fourth-order valence-electron chi connectivity index (χ4n) is 3.04. The smallest absolute Gasteiger partial charge is 0.295 e. The van der Waals surface area contributed by atoms with Crippen LogP contribution in [0.2, 0.25) is 5.02 Å². The average molecular weight is 378 g/mol. The molecule has 0 saturated carbocycles. The molecule has 0 aromatic heterocycles. The first-order chi connectivity index (χ1) is 12.4. The van der Waals surface area contributed by atoms with Crippen LogP contribution in [-0.4, -0.2) is 41.9 Å². The van der Waals surface area contributed by atoms with Crippen LogP contribution >= 0.6 is 11.6 Å². The summed E-state index contributed by atoms with van der Waals surface area (Å²) < 4.78 is 13.3. The van der Waals surface area contributed by atoms with Crippen molar-refractivity contribution in [2.24, 2.45) is 0 Å². The van der Waals surface area contributed by atoms with Crippen LogP contribution in [0, 0.1) is 15.9 Å². The molecule has 1 saturated heterocycles. The zero-order valence-electron chi connectivity index (χ0n) is 13.9. The minimum atomic E-state index is -0.643. The van der Waals surface area contributed by atoms with E-state index >= 15 is 0 Å². The summed E-state index contributed by atoms with van der Waals surface area (Å²) in [6.45, 7) is 1.81. The highest BCUT2D eigenvalue weighted by molar-refractivity contribution is 6.30. The van der Waals surface area contributed by atoms with Crippen LogP contribution in [0.1, 0.15) is 5.56 Å². The van der Waals surface area contributed by atoms with Gasteiger partial charge in [-0.3, -0.25) is 14.9 Å². The van der Waals surface area contributed by atoms with Gasteiger partial charge < -0.3 is 9.80 Å². The molecule has 136 valence electrons. The summed E-state index contributed by atoms with van der Waals surface area (Å²) in [5, 5.41) is 11.7. The first-order valence-electron chi connectivity index (χ1n) is 8.15. The Labute approximate surface area is 154 Å². The molecule has 1 amide bonds. The molecule has 1 heterocycles. The zero-order valence-corrected chi connectivity index (χ0v) is 14.7. The van der Waals surface area contributed by atoms with Crippen LogP contribution < -0.4 is 4.90 Å². The molecule has 2 aromatic rings. The Hall–Kier alpha value is -2.67. The van der Waals surface area contributed by atoms with Gasteiger partial charge in [-0.1, -0.05) is 23.7 Å². The molecule has 2 aromatic carbocycles. The highest BCUT2D eigenvalue weighted by Gasteiger charge is 2.26. The molecule has 1 aliphatic rings. The average Bonchev–Trinajstić information content (AvgIpc) is 2.62. The van der Waals surface area contributed by atoms with E-state index < -0.39 is 10.7 Å². The molecular formula is C18H17ClFN3O3. The van der Waals surface area contributed by atoms with Gasteiger partial charge in [-0.05, 0) is 29.8 Å². The van der Waals surface area contributed by atoms with Gasteiger partial charge in [0.25, 0.3) is 5.69 Å². The van der Waals surface area contributed by atoms with Crippen molar-refractivity contribution >= 4 is 28.9 Å². The van der Waals surface area contributed by atoms with Crippen LogP contribution in [-0.2, 0) is 11.2 Å². The van der Waals surface area contributed by atoms with E-state index in [2.05, 4.69) is 0 Å². The van der Waals surface area contributed by atoms with Gasteiger partial charge in [-0.25, -0.2) is 4.39 Å². The number of amides is 1. The molecule has 0 N–H and O–H groups in total. The molecule has 0 spiro atoms. The van der Waals surface area contributed by atoms with Gasteiger partial charge in [0, 0.05) is 31.2 Å². The van der Waals surface area contributed by atoms with Gasteiger partial charge in [0.1, 0.15) is 11.5 Å². The van der Waals surface area contributed by atoms with Crippen molar-refractivity contribution < 1.29 is 14.1 Å². The van der Waals surface area contributed by atoms with Gasteiger partial charge in [0.05, 0.1) is 17.4 Å². The maximum Gasteiger partial charge on any atom is 0.295 e. The molecule has 6 nitrogen and oxygen atoms in total. The number of carbonyl (C=O) groups is 1. The van der Waals surface area contributed by atoms with Crippen molar-refractivity contribution in [1.29, 1.82) is 0 Å². The second kappa shape index (κ2) is 7.70. The van der Waals surface area contributed by atoms with Crippen molar-refractivity contribution in [3.8, 4) is 0 Å². The van der Waals surface area contributed by atoms with E-state index in [9.17, 15) is 19.3 Å². The molecule has 0 bridgehead atoms. The van der Waals surface area contributed by atoms with E-state index in [1.54, 1.807) is 28.0 Å². The van der Waals surface area contributed by atoms with Crippen molar-refractivity contribution in [2.75, 3.05) is 31.1 Å². The Morgan fingerprint density at radius 3 is 2.54 bits per heavy atom. The largest absolute Gasteiger partial charge is 0.362 e. The number of nitro benzene ring substituents is 1. The molecule has 1 aliphatic heterocycles. The first-order valence-corrected chi connectivity index (χ1v) is 8.53. The minimum Gasteiger partial charge on any atom is -0.362 e. The maximum absolute atomic E-state index is 13.3. The lowest BCUT2D eigenvalue weighted by Gasteiger charge is -2.35. The standard InChI is InChI=1S/C18H17ClFN3O3/c19-14-3-1-2-13(10-14)11-18(24)22-8-6-21(7-9-22)16-5-4-15(20)12-17(16)23(25)26/h1-5,10,12H,6-9,11H2. The molecule has 26 heavy (non-hydrogen) atoms. The second-order valence-electron chi connectivity index (χ2n) is 6.06. The molecule has 8 heteroatoms. The summed E-state index contributed by atoms with van der Waals surface area (Å²) in [5.74, 6) is -0.656. The number of hydrogen-bond donors (Lipinski definition) is 0. The third-order valence-corrected chi connectivity index (χ3v) is 4.59. The molecule has 1 fully saturated rings. The number of nitro groups is 1. The lowest BCUT2D eigenvalue weighted by atomic mass is 10.1. The monoisotopic (exact) mass is 377 g/mol. The molecule has 3 rings (SSSR count). The molecule has 0 unspecified atom stereocenters. The Balaban J connectivity index is 1.64. The number of hydrogen-bond acceptors (Lipinski definition) is 4. The number of rotatable bonds is 4. The topological polar surface area (TPSA) is 66.7 Å². The van der Waals surface area contributed by atoms with E-state index in [0.717, 1.165) is 11.6 Å². The predicted octanol–water partition coefficient (Wildman–Crippen LogP) is 3.28. The number of carbonyl (C=O) groups excluding carboxylic acids is 1. The van der Waals surface area contributed by atoms with Crippen LogP contribution in [0.3, 0.4) is 0 Å². The normalized spacial score (nSPS) is 14.4. The lowest BCUT2D eigenvalue weighted by molar-refractivity contribution is -0.384. The lowest BCUT2D eigenvalue weighted by Crippen LogP contribution is -2.49. The summed E-state index contributed by atoms with van der Waals surface area (Å²) in [4.78, 5) is 26.6. The summed E-state index contributed by atoms with van der Waals surface area (Å²) in [6.07, 6.45) is 0.261. The van der Waals surface area contributed by atoms with Crippen molar-refractivity contribution in [3.05, 3.63) is 69.0 Å². The zero-order chi connectivity index (χ0) is 18.7. The van der Waals surface area contributed by atoms with Gasteiger partial charge >= 0.3 is 0 Å². The molecular weight excluding hydrogens is 361 g/mol.